The molecule has 1 aliphatic rings. The van der Waals surface area contributed by atoms with E-state index in [4.69, 9.17) is 0 Å². The Balaban J connectivity index is 1.24. The van der Waals surface area contributed by atoms with Crippen molar-refractivity contribution in [1.29, 1.82) is 0 Å². The molecule has 149 valence electrons. The van der Waals surface area contributed by atoms with Gasteiger partial charge < -0.3 is 4.98 Å². The third-order valence-corrected chi connectivity index (χ3v) is 5.78. The van der Waals surface area contributed by atoms with Crippen molar-refractivity contribution in [3.8, 4) is 22.6 Å². The van der Waals surface area contributed by atoms with Crippen molar-refractivity contribution in [1.82, 2.24) is 25.1 Å². The van der Waals surface area contributed by atoms with Crippen LogP contribution in [0, 0.1) is 6.07 Å². The first-order valence-corrected chi connectivity index (χ1v) is 10.5. The molecule has 0 amide bonds. The number of likely N-dealkylation sites (tertiary alicyclic amines) is 1. The number of aromatic amines is 1. The number of benzene rings is 2. The van der Waals surface area contributed by atoms with Gasteiger partial charge in [-0.15, -0.1) is 10.2 Å². The summed E-state index contributed by atoms with van der Waals surface area (Å²) in [7, 11) is 0. The summed E-state index contributed by atoms with van der Waals surface area (Å²) in [6.07, 6.45) is 3.93. The Morgan fingerprint density at radius 3 is 2.57 bits per heavy atom. The molecular formula is C25H24N5. The molecule has 5 nitrogen and oxygen atoms in total. The quantitative estimate of drug-likeness (QED) is 0.532. The number of H-pyrrole nitrogens is 1. The highest BCUT2D eigenvalue weighted by atomic mass is 15.2. The normalized spacial score (nSPS) is 15.3. The second-order valence-electron chi connectivity index (χ2n) is 7.76. The summed E-state index contributed by atoms with van der Waals surface area (Å²) in [4.78, 5) is 10.3. The minimum atomic E-state index is 0.419. The standard InChI is InChI=1S/C25H24N5/c1-2-8-19(9-3-1)22-11-5-4-10-21(22)18-30-16-13-20(14-17-30)24-27-25(29-28-24)23-12-6-7-15-26-23/h1-10,12,15,20H,13-14,16-18H2,(H,27,28,29). The second kappa shape index (κ2) is 8.59. The average Bonchev–Trinajstić information content (AvgIpc) is 3.32. The fraction of sp³-hybridized carbons (Fsp3) is 0.240. The lowest BCUT2D eigenvalue weighted by Gasteiger charge is -2.31. The molecule has 3 heterocycles. The van der Waals surface area contributed by atoms with Crippen LogP contribution in [-0.4, -0.2) is 38.2 Å². The van der Waals surface area contributed by atoms with Gasteiger partial charge in [-0.2, -0.15) is 0 Å². The minimum Gasteiger partial charge on any atom is -0.323 e. The molecule has 0 unspecified atom stereocenters. The molecule has 0 bridgehead atoms. The molecule has 30 heavy (non-hydrogen) atoms. The first-order valence-electron chi connectivity index (χ1n) is 10.5. The number of rotatable bonds is 5. The molecule has 1 N–H and O–H groups in total. The summed E-state index contributed by atoms with van der Waals surface area (Å²) >= 11 is 0. The van der Waals surface area contributed by atoms with Crippen molar-refractivity contribution >= 4 is 0 Å². The number of pyridine rings is 1. The Morgan fingerprint density at radius 2 is 1.77 bits per heavy atom. The Hall–Kier alpha value is -3.31. The summed E-state index contributed by atoms with van der Waals surface area (Å²) in [5, 5.41) is 8.72. The predicted molar refractivity (Wildman–Crippen MR) is 118 cm³/mol. The Labute approximate surface area is 176 Å². The number of nitrogens with one attached hydrogen (secondary N) is 1. The van der Waals surface area contributed by atoms with Crippen LogP contribution in [-0.2, 0) is 6.54 Å². The lowest BCUT2D eigenvalue weighted by Crippen LogP contribution is -2.33. The maximum atomic E-state index is 4.41. The highest BCUT2D eigenvalue weighted by molar-refractivity contribution is 5.66. The van der Waals surface area contributed by atoms with Crippen molar-refractivity contribution in [3.63, 3.8) is 0 Å². The molecule has 1 aliphatic heterocycles. The van der Waals surface area contributed by atoms with Gasteiger partial charge in [0.2, 0.25) is 0 Å². The number of hydrogen-bond acceptors (Lipinski definition) is 4. The summed E-state index contributed by atoms with van der Waals surface area (Å²) in [5.74, 6) is 2.15. The van der Waals surface area contributed by atoms with Crippen LogP contribution in [0.15, 0.2) is 72.9 Å². The van der Waals surface area contributed by atoms with Gasteiger partial charge in [-0.3, -0.25) is 9.88 Å². The van der Waals surface area contributed by atoms with Crippen molar-refractivity contribution in [2.75, 3.05) is 13.1 Å². The molecule has 4 aromatic rings. The van der Waals surface area contributed by atoms with E-state index in [1.165, 1.54) is 16.7 Å². The summed E-state index contributed by atoms with van der Waals surface area (Å²) in [6.45, 7) is 3.05. The average molecular weight is 395 g/mol. The van der Waals surface area contributed by atoms with Gasteiger partial charge in [-0.05, 0) is 60.8 Å². The molecule has 0 aliphatic carbocycles. The van der Waals surface area contributed by atoms with E-state index >= 15 is 0 Å². The van der Waals surface area contributed by atoms with Gasteiger partial charge in [0.1, 0.15) is 11.5 Å². The maximum Gasteiger partial charge on any atom is 0.179 e. The van der Waals surface area contributed by atoms with Crippen LogP contribution >= 0.6 is 0 Å². The monoisotopic (exact) mass is 394 g/mol. The van der Waals surface area contributed by atoms with Crippen molar-refractivity contribution in [2.45, 2.75) is 25.3 Å². The molecular weight excluding hydrogens is 370 g/mol. The lowest BCUT2D eigenvalue weighted by atomic mass is 9.94. The first-order chi connectivity index (χ1) is 14.9. The van der Waals surface area contributed by atoms with E-state index in [1.54, 1.807) is 6.20 Å². The predicted octanol–water partition coefficient (Wildman–Crippen LogP) is 4.71. The molecule has 0 atom stereocenters. The molecule has 0 spiro atoms. The van der Waals surface area contributed by atoms with Crippen LogP contribution in [0.4, 0.5) is 0 Å². The molecule has 1 saturated heterocycles. The molecule has 2 aromatic carbocycles. The van der Waals surface area contributed by atoms with Gasteiger partial charge in [0.15, 0.2) is 5.82 Å². The van der Waals surface area contributed by atoms with E-state index in [2.05, 4.69) is 73.6 Å². The molecule has 5 rings (SSSR count). The molecule has 5 heteroatoms. The summed E-state index contributed by atoms with van der Waals surface area (Å²) in [5.41, 5.74) is 4.60. The highest BCUT2D eigenvalue weighted by Crippen LogP contribution is 2.29. The fourth-order valence-corrected chi connectivity index (χ4v) is 4.16. The van der Waals surface area contributed by atoms with Crippen molar-refractivity contribution < 1.29 is 0 Å². The van der Waals surface area contributed by atoms with Crippen molar-refractivity contribution in [3.05, 3.63) is 90.4 Å². The van der Waals surface area contributed by atoms with E-state index in [0.717, 1.165) is 49.8 Å². The number of nitrogens with zero attached hydrogens (tertiary/aromatic N) is 4. The van der Waals surface area contributed by atoms with Crippen LogP contribution in [0.5, 0.6) is 0 Å². The highest BCUT2D eigenvalue weighted by Gasteiger charge is 2.24. The third kappa shape index (κ3) is 4.02. The van der Waals surface area contributed by atoms with Gasteiger partial charge in [-0.25, -0.2) is 0 Å². The second-order valence-corrected chi connectivity index (χ2v) is 7.76. The Morgan fingerprint density at radius 1 is 0.933 bits per heavy atom. The zero-order valence-corrected chi connectivity index (χ0v) is 16.8. The summed E-state index contributed by atoms with van der Waals surface area (Å²) in [6, 6.07) is 26.1. The third-order valence-electron chi connectivity index (χ3n) is 5.78. The van der Waals surface area contributed by atoms with Gasteiger partial charge in [0.25, 0.3) is 0 Å². The number of hydrogen-bond donors (Lipinski definition) is 1. The molecule has 2 aromatic heterocycles. The Kier molecular flexibility index (Phi) is 5.36. The van der Waals surface area contributed by atoms with Crippen molar-refractivity contribution in [2.24, 2.45) is 0 Å². The van der Waals surface area contributed by atoms with E-state index < -0.39 is 0 Å². The lowest BCUT2D eigenvalue weighted by molar-refractivity contribution is 0.202. The molecule has 1 fully saturated rings. The zero-order chi connectivity index (χ0) is 20.2. The maximum absolute atomic E-state index is 4.41. The van der Waals surface area contributed by atoms with Gasteiger partial charge in [-0.1, -0.05) is 54.6 Å². The van der Waals surface area contributed by atoms with Crippen LogP contribution in [0.1, 0.15) is 30.1 Å². The smallest absolute Gasteiger partial charge is 0.179 e. The van der Waals surface area contributed by atoms with E-state index in [1.807, 2.05) is 24.3 Å². The van der Waals surface area contributed by atoms with Crippen LogP contribution in [0.3, 0.4) is 0 Å². The van der Waals surface area contributed by atoms with Crippen LogP contribution in [0.2, 0.25) is 0 Å². The largest absolute Gasteiger partial charge is 0.323 e. The topological polar surface area (TPSA) is 57.7 Å². The fourth-order valence-electron chi connectivity index (χ4n) is 4.16. The minimum absolute atomic E-state index is 0.419. The molecule has 0 saturated carbocycles. The van der Waals surface area contributed by atoms with Gasteiger partial charge in [0.05, 0.1) is 0 Å². The van der Waals surface area contributed by atoms with Gasteiger partial charge >= 0.3 is 0 Å². The SMILES string of the molecule is [c]1cccc(CN2CCC(c3nnc(-c4ccccn4)[nH]3)CC2)c1-c1ccccc1. The zero-order valence-electron chi connectivity index (χ0n) is 16.8. The van der Waals surface area contributed by atoms with E-state index in [-0.39, 0.29) is 0 Å². The van der Waals surface area contributed by atoms with E-state index in [9.17, 15) is 0 Å². The summed E-state index contributed by atoms with van der Waals surface area (Å²) < 4.78 is 0. The van der Waals surface area contributed by atoms with Crippen LogP contribution in [0.25, 0.3) is 22.6 Å². The number of aromatic nitrogens is 4. The first kappa shape index (κ1) is 18.7. The Bertz CT molecular complexity index is 1080. The van der Waals surface area contributed by atoms with Gasteiger partial charge in [0, 0.05) is 18.7 Å². The number of piperidine rings is 1. The van der Waals surface area contributed by atoms with E-state index in [0.29, 0.717) is 5.92 Å². The molecule has 1 radical (unpaired) electrons. The van der Waals surface area contributed by atoms with Crippen LogP contribution < -0.4 is 0 Å².